The minimum Gasteiger partial charge on any atom is -0.393 e. The molecule has 0 amide bonds. The standard InChI is InChI=1S/C20H34O3/c1-2-3-4-5-6-7-8-9-10-11-12-13-14-15-16-18-17-19(21)23-20(18)22/h15-16,18H,2-14,17H2,1H3/b16-15-. The van der Waals surface area contributed by atoms with Crippen molar-refractivity contribution in [1.29, 1.82) is 0 Å². The fourth-order valence-electron chi connectivity index (χ4n) is 3.00. The molecule has 0 bridgehead atoms. The van der Waals surface area contributed by atoms with Crippen molar-refractivity contribution >= 4 is 11.9 Å². The van der Waals surface area contributed by atoms with Crippen LogP contribution in [0.5, 0.6) is 0 Å². The summed E-state index contributed by atoms with van der Waals surface area (Å²) in [5, 5.41) is 0. The first kappa shape index (κ1) is 19.9. The highest BCUT2D eigenvalue weighted by Gasteiger charge is 2.30. The van der Waals surface area contributed by atoms with E-state index < -0.39 is 5.97 Å². The van der Waals surface area contributed by atoms with Gasteiger partial charge in [-0.3, -0.25) is 9.59 Å². The maximum absolute atomic E-state index is 11.3. The zero-order valence-electron chi connectivity index (χ0n) is 14.9. The van der Waals surface area contributed by atoms with Gasteiger partial charge in [-0.05, 0) is 12.8 Å². The van der Waals surface area contributed by atoms with Gasteiger partial charge in [0.25, 0.3) is 0 Å². The highest BCUT2D eigenvalue weighted by Crippen LogP contribution is 2.18. The van der Waals surface area contributed by atoms with Gasteiger partial charge in [-0.1, -0.05) is 89.7 Å². The third-order valence-corrected chi connectivity index (χ3v) is 4.50. The smallest absolute Gasteiger partial charge is 0.321 e. The van der Waals surface area contributed by atoms with E-state index in [2.05, 4.69) is 11.7 Å². The summed E-state index contributed by atoms with van der Waals surface area (Å²) in [5.74, 6) is -1.12. The van der Waals surface area contributed by atoms with Gasteiger partial charge in [0.05, 0.1) is 12.3 Å². The summed E-state index contributed by atoms with van der Waals surface area (Å²) in [5.41, 5.74) is 0. The number of carbonyl (C=O) groups is 2. The van der Waals surface area contributed by atoms with Crippen LogP contribution in [-0.2, 0) is 14.3 Å². The zero-order chi connectivity index (χ0) is 16.8. The first-order chi connectivity index (χ1) is 11.2. The summed E-state index contributed by atoms with van der Waals surface area (Å²) in [7, 11) is 0. The molecule has 0 aromatic rings. The van der Waals surface area contributed by atoms with Gasteiger partial charge in [0, 0.05) is 0 Å². The molecule has 0 aliphatic carbocycles. The lowest BCUT2D eigenvalue weighted by atomic mass is 10.0. The largest absolute Gasteiger partial charge is 0.393 e. The van der Waals surface area contributed by atoms with Crippen LogP contribution in [0.4, 0.5) is 0 Å². The number of esters is 2. The molecular formula is C20H34O3. The van der Waals surface area contributed by atoms with Crippen LogP contribution in [0.15, 0.2) is 12.2 Å². The number of carbonyl (C=O) groups excluding carboxylic acids is 2. The fourth-order valence-corrected chi connectivity index (χ4v) is 3.00. The average Bonchev–Trinajstić information content (AvgIpc) is 2.85. The first-order valence-corrected chi connectivity index (χ1v) is 9.65. The fraction of sp³-hybridized carbons (Fsp3) is 0.800. The Morgan fingerprint density at radius 3 is 1.87 bits per heavy atom. The molecule has 1 atom stereocenters. The molecule has 1 heterocycles. The molecule has 1 fully saturated rings. The van der Waals surface area contributed by atoms with Crippen molar-refractivity contribution < 1.29 is 14.3 Å². The van der Waals surface area contributed by atoms with Gasteiger partial charge in [0.2, 0.25) is 0 Å². The number of hydrogen-bond acceptors (Lipinski definition) is 3. The molecule has 3 heteroatoms. The average molecular weight is 322 g/mol. The van der Waals surface area contributed by atoms with Gasteiger partial charge in [0.1, 0.15) is 0 Å². The van der Waals surface area contributed by atoms with Crippen LogP contribution in [0.3, 0.4) is 0 Å². The summed E-state index contributed by atoms with van der Waals surface area (Å²) >= 11 is 0. The second-order valence-corrected chi connectivity index (χ2v) is 6.71. The van der Waals surface area contributed by atoms with E-state index in [0.29, 0.717) is 0 Å². The third kappa shape index (κ3) is 10.3. The molecule has 0 aromatic heterocycles. The van der Waals surface area contributed by atoms with Crippen LogP contribution in [0, 0.1) is 5.92 Å². The normalized spacial score (nSPS) is 18.0. The Morgan fingerprint density at radius 1 is 0.870 bits per heavy atom. The molecule has 3 nitrogen and oxygen atoms in total. The van der Waals surface area contributed by atoms with Crippen LogP contribution >= 0.6 is 0 Å². The highest BCUT2D eigenvalue weighted by atomic mass is 16.6. The van der Waals surface area contributed by atoms with Gasteiger partial charge < -0.3 is 4.74 Å². The number of rotatable bonds is 14. The lowest BCUT2D eigenvalue weighted by Crippen LogP contribution is -2.03. The van der Waals surface area contributed by atoms with E-state index in [1.807, 2.05) is 12.2 Å². The van der Waals surface area contributed by atoms with Crippen molar-refractivity contribution in [2.45, 2.75) is 96.8 Å². The van der Waals surface area contributed by atoms with Crippen LogP contribution < -0.4 is 0 Å². The molecule has 1 unspecified atom stereocenters. The van der Waals surface area contributed by atoms with E-state index in [1.54, 1.807) is 0 Å². The summed E-state index contributed by atoms with van der Waals surface area (Å²) in [6.07, 6.45) is 21.3. The molecule has 0 spiro atoms. The first-order valence-electron chi connectivity index (χ1n) is 9.65. The second kappa shape index (κ2) is 13.3. The highest BCUT2D eigenvalue weighted by molar-refractivity contribution is 5.95. The molecule has 0 radical (unpaired) electrons. The van der Waals surface area contributed by atoms with Gasteiger partial charge >= 0.3 is 11.9 Å². The van der Waals surface area contributed by atoms with Crippen molar-refractivity contribution in [3.05, 3.63) is 12.2 Å². The van der Waals surface area contributed by atoms with Gasteiger partial charge in [-0.15, -0.1) is 0 Å². The van der Waals surface area contributed by atoms with Gasteiger partial charge in [-0.2, -0.15) is 0 Å². The van der Waals surface area contributed by atoms with Crippen LogP contribution in [0.2, 0.25) is 0 Å². The Bertz CT molecular complexity index is 360. The number of allylic oxidation sites excluding steroid dienone is 1. The van der Waals surface area contributed by atoms with E-state index in [4.69, 9.17) is 0 Å². The minimum atomic E-state index is -0.394. The molecule has 1 aliphatic heterocycles. The van der Waals surface area contributed by atoms with E-state index >= 15 is 0 Å². The lowest BCUT2D eigenvalue weighted by Gasteiger charge is -2.02. The maximum Gasteiger partial charge on any atom is 0.321 e. The van der Waals surface area contributed by atoms with E-state index in [1.165, 1.54) is 77.0 Å². The molecule has 23 heavy (non-hydrogen) atoms. The Kier molecular flexibility index (Phi) is 11.5. The Hall–Kier alpha value is -1.12. The third-order valence-electron chi connectivity index (χ3n) is 4.50. The summed E-state index contributed by atoms with van der Waals surface area (Å²) < 4.78 is 4.51. The van der Waals surface area contributed by atoms with E-state index in [-0.39, 0.29) is 18.3 Å². The zero-order valence-corrected chi connectivity index (χ0v) is 14.9. The molecule has 0 aromatic carbocycles. The maximum atomic E-state index is 11.3. The minimum absolute atomic E-state index is 0.216. The summed E-state index contributed by atoms with van der Waals surface area (Å²) in [6.45, 7) is 2.26. The second-order valence-electron chi connectivity index (χ2n) is 6.71. The van der Waals surface area contributed by atoms with Gasteiger partial charge in [-0.25, -0.2) is 0 Å². The van der Waals surface area contributed by atoms with Crippen molar-refractivity contribution in [3.8, 4) is 0 Å². The van der Waals surface area contributed by atoms with Crippen molar-refractivity contribution in [1.82, 2.24) is 0 Å². The molecule has 1 aliphatic rings. The topological polar surface area (TPSA) is 43.4 Å². The van der Waals surface area contributed by atoms with Crippen molar-refractivity contribution in [2.24, 2.45) is 5.92 Å². The number of cyclic esters (lactones) is 2. The lowest BCUT2D eigenvalue weighted by molar-refractivity contribution is -0.152. The summed E-state index contributed by atoms with van der Waals surface area (Å²) in [4.78, 5) is 22.2. The van der Waals surface area contributed by atoms with Gasteiger partial charge in [0.15, 0.2) is 0 Å². The van der Waals surface area contributed by atoms with Crippen LogP contribution in [-0.4, -0.2) is 11.9 Å². The summed E-state index contributed by atoms with van der Waals surface area (Å²) in [6, 6.07) is 0. The van der Waals surface area contributed by atoms with Crippen LogP contribution in [0.25, 0.3) is 0 Å². The Balaban J connectivity index is 1.81. The Morgan fingerprint density at radius 2 is 1.39 bits per heavy atom. The number of unbranched alkanes of at least 4 members (excludes halogenated alkanes) is 12. The van der Waals surface area contributed by atoms with Crippen LogP contribution in [0.1, 0.15) is 96.8 Å². The number of ether oxygens (including phenoxy) is 1. The molecule has 0 N–H and O–H groups in total. The van der Waals surface area contributed by atoms with E-state index in [0.717, 1.165) is 6.42 Å². The Labute approximate surface area is 141 Å². The van der Waals surface area contributed by atoms with Crippen molar-refractivity contribution in [2.75, 3.05) is 0 Å². The molecule has 1 rings (SSSR count). The monoisotopic (exact) mass is 322 g/mol. The number of hydrogen-bond donors (Lipinski definition) is 0. The SMILES string of the molecule is CCCCCCCCCCCCCC/C=C\C1CC(=O)OC1=O. The predicted molar refractivity (Wildman–Crippen MR) is 94.0 cm³/mol. The molecule has 132 valence electrons. The molecular weight excluding hydrogens is 288 g/mol. The molecule has 0 saturated carbocycles. The quantitative estimate of drug-likeness (QED) is 0.178. The van der Waals surface area contributed by atoms with E-state index in [9.17, 15) is 9.59 Å². The predicted octanol–water partition coefficient (Wildman–Crippen LogP) is 5.72. The molecule has 1 saturated heterocycles. The van der Waals surface area contributed by atoms with Crippen molar-refractivity contribution in [3.63, 3.8) is 0 Å².